The zero-order chi connectivity index (χ0) is 23.1. The van der Waals surface area contributed by atoms with Crippen LogP contribution < -0.4 is 4.74 Å². The highest BCUT2D eigenvalue weighted by Crippen LogP contribution is 2.28. The Morgan fingerprint density at radius 3 is 2.62 bits per heavy atom. The first kappa shape index (κ1) is 24.0. The van der Waals surface area contributed by atoms with E-state index in [1.54, 1.807) is 23.6 Å². The summed E-state index contributed by atoms with van der Waals surface area (Å²) in [4.78, 5) is 19.7. The van der Waals surface area contributed by atoms with Crippen LogP contribution in [0.4, 0.5) is 8.78 Å². The number of fused-ring (bicyclic) bond motifs is 1. The van der Waals surface area contributed by atoms with E-state index in [4.69, 9.17) is 4.74 Å². The molecule has 178 valence electrons. The Morgan fingerprint density at radius 1 is 1.09 bits per heavy atom. The van der Waals surface area contributed by atoms with Crippen LogP contribution in [0.15, 0.2) is 36.7 Å². The number of hydrogen-bond acceptors (Lipinski definition) is 6. The number of imidazole rings is 1. The van der Waals surface area contributed by atoms with Crippen molar-refractivity contribution in [2.45, 2.75) is 32.9 Å². The summed E-state index contributed by atoms with van der Waals surface area (Å²) in [6.07, 6.45) is 3.64. The van der Waals surface area contributed by atoms with Crippen molar-refractivity contribution in [2.24, 2.45) is 0 Å². The maximum atomic E-state index is 15.1. The molecule has 4 aromatic rings. The van der Waals surface area contributed by atoms with Crippen molar-refractivity contribution in [2.75, 3.05) is 20.1 Å². The zero-order valence-corrected chi connectivity index (χ0v) is 20.2. The Labute approximate surface area is 203 Å². The molecule has 5 rings (SSSR count). The molecule has 1 aromatic carbocycles. The lowest BCUT2D eigenvalue weighted by Crippen LogP contribution is -2.21. The van der Waals surface area contributed by atoms with Gasteiger partial charge in [-0.3, -0.25) is 4.98 Å². The second-order valence-corrected chi connectivity index (χ2v) is 8.49. The fourth-order valence-electron chi connectivity index (χ4n) is 4.26. The smallest absolute Gasteiger partial charge is 0.164 e. The SMILES string of the molecule is Cc1nc(C)c2nc(-c3cncc(F)c3)n(Cc3ccc(O[C@H]4CCN(C)C4)cc3F)c2n1.S. The lowest BCUT2D eigenvalue weighted by Gasteiger charge is -2.15. The van der Waals surface area contributed by atoms with Crippen LogP contribution in [0, 0.1) is 25.5 Å². The molecule has 34 heavy (non-hydrogen) atoms. The minimum atomic E-state index is -0.477. The average Bonchev–Trinajstić information content (AvgIpc) is 3.33. The van der Waals surface area contributed by atoms with Crippen LogP contribution in [-0.2, 0) is 6.54 Å². The van der Waals surface area contributed by atoms with Crippen LogP contribution in [0.2, 0.25) is 0 Å². The molecule has 0 aliphatic carbocycles. The molecule has 1 aliphatic rings. The largest absolute Gasteiger partial charge is 0.489 e. The van der Waals surface area contributed by atoms with Crippen LogP contribution in [0.5, 0.6) is 5.75 Å². The Bertz CT molecular complexity index is 1340. The maximum Gasteiger partial charge on any atom is 0.164 e. The van der Waals surface area contributed by atoms with E-state index in [0.29, 0.717) is 45.4 Å². The zero-order valence-electron chi connectivity index (χ0n) is 19.2. The molecular weight excluding hydrogens is 458 g/mol. The van der Waals surface area contributed by atoms with Gasteiger partial charge in [-0.2, -0.15) is 13.5 Å². The number of benzene rings is 1. The van der Waals surface area contributed by atoms with E-state index < -0.39 is 5.82 Å². The van der Waals surface area contributed by atoms with Crippen LogP contribution in [-0.4, -0.2) is 55.6 Å². The van der Waals surface area contributed by atoms with Gasteiger partial charge in [-0.25, -0.2) is 23.7 Å². The van der Waals surface area contributed by atoms with Crippen molar-refractivity contribution in [3.63, 3.8) is 0 Å². The highest BCUT2D eigenvalue weighted by Gasteiger charge is 2.22. The third-order valence-corrected chi connectivity index (χ3v) is 5.85. The lowest BCUT2D eigenvalue weighted by molar-refractivity contribution is 0.207. The van der Waals surface area contributed by atoms with Gasteiger partial charge in [0, 0.05) is 36.5 Å². The molecule has 1 atom stereocenters. The first-order valence-electron chi connectivity index (χ1n) is 10.8. The topological polar surface area (TPSA) is 69.0 Å². The fraction of sp³-hybridized carbons (Fsp3) is 0.333. The van der Waals surface area contributed by atoms with Crippen LogP contribution in [0.3, 0.4) is 0 Å². The fourth-order valence-corrected chi connectivity index (χ4v) is 4.26. The molecule has 0 saturated carbocycles. The van der Waals surface area contributed by atoms with Crippen LogP contribution in [0.1, 0.15) is 23.5 Å². The van der Waals surface area contributed by atoms with Crippen molar-refractivity contribution in [3.8, 4) is 17.1 Å². The van der Waals surface area contributed by atoms with E-state index in [9.17, 15) is 4.39 Å². The van der Waals surface area contributed by atoms with Gasteiger partial charge in [-0.15, -0.1) is 0 Å². The number of rotatable bonds is 5. The normalized spacial score (nSPS) is 16.1. The minimum absolute atomic E-state index is 0. The van der Waals surface area contributed by atoms with Crippen LogP contribution in [0.25, 0.3) is 22.6 Å². The minimum Gasteiger partial charge on any atom is -0.489 e. The van der Waals surface area contributed by atoms with Crippen molar-refractivity contribution in [3.05, 3.63) is 65.4 Å². The third-order valence-electron chi connectivity index (χ3n) is 5.85. The van der Waals surface area contributed by atoms with E-state index in [1.165, 1.54) is 18.3 Å². The first-order chi connectivity index (χ1) is 15.9. The quantitative estimate of drug-likeness (QED) is 0.426. The molecule has 4 heterocycles. The van der Waals surface area contributed by atoms with Gasteiger partial charge < -0.3 is 14.2 Å². The Balaban J connectivity index is 0.00000274. The van der Waals surface area contributed by atoms with Gasteiger partial charge in [0.1, 0.15) is 40.7 Å². The van der Waals surface area contributed by atoms with Gasteiger partial charge in [-0.05, 0) is 39.4 Å². The molecular formula is C24H26F2N6OS. The summed E-state index contributed by atoms with van der Waals surface area (Å²) in [5.41, 5.74) is 2.78. The molecule has 0 bridgehead atoms. The number of halogens is 2. The highest BCUT2D eigenvalue weighted by molar-refractivity contribution is 7.59. The average molecular weight is 485 g/mol. The second kappa shape index (κ2) is 9.63. The molecule has 1 fully saturated rings. The number of aromatic nitrogens is 5. The first-order valence-corrected chi connectivity index (χ1v) is 10.8. The van der Waals surface area contributed by atoms with Gasteiger partial charge >= 0.3 is 0 Å². The summed E-state index contributed by atoms with van der Waals surface area (Å²) in [7, 11) is 2.04. The summed E-state index contributed by atoms with van der Waals surface area (Å²) in [6, 6.07) is 6.27. The van der Waals surface area contributed by atoms with E-state index in [-0.39, 0.29) is 32.0 Å². The third kappa shape index (κ3) is 4.74. The Kier molecular flexibility index (Phi) is 6.81. The molecule has 0 radical (unpaired) electrons. The molecule has 3 aromatic heterocycles. The number of aryl methyl sites for hydroxylation is 2. The molecule has 0 unspecified atom stereocenters. The summed E-state index contributed by atoms with van der Waals surface area (Å²) in [5, 5.41) is 0. The van der Waals surface area contributed by atoms with Crippen LogP contribution >= 0.6 is 13.5 Å². The number of ether oxygens (including phenoxy) is 1. The van der Waals surface area contributed by atoms with Gasteiger partial charge in [0.05, 0.1) is 18.4 Å². The molecule has 1 aliphatic heterocycles. The number of nitrogens with zero attached hydrogens (tertiary/aromatic N) is 6. The summed E-state index contributed by atoms with van der Waals surface area (Å²) >= 11 is 0. The van der Waals surface area contributed by atoms with Crippen molar-refractivity contribution < 1.29 is 13.5 Å². The molecule has 0 amide bonds. The summed E-state index contributed by atoms with van der Waals surface area (Å²) in [6.45, 7) is 5.59. The molecule has 7 nitrogen and oxygen atoms in total. The van der Waals surface area contributed by atoms with Gasteiger partial charge in [0.15, 0.2) is 5.65 Å². The maximum absolute atomic E-state index is 15.1. The van der Waals surface area contributed by atoms with Crippen molar-refractivity contribution >= 4 is 24.7 Å². The standard InChI is InChI=1S/C24H24F2N6O.H2S/c1-14-22-24(29-15(2)28-14)32(23(30-22)17-8-18(25)11-27-10-17)12-16-4-5-19(9-21(16)26)33-20-6-7-31(3)13-20;/h4-5,8-11,20H,6-7,12-13H2,1-3H3;1H2/t20-;/m0./s1. The summed E-state index contributed by atoms with van der Waals surface area (Å²) in [5.74, 6) is 0.682. The van der Waals surface area contributed by atoms with Crippen molar-refractivity contribution in [1.29, 1.82) is 0 Å². The number of pyridine rings is 1. The van der Waals surface area contributed by atoms with E-state index >= 15 is 4.39 Å². The highest BCUT2D eigenvalue weighted by atomic mass is 32.1. The number of likely N-dealkylation sites (N-methyl/N-ethyl adjacent to an activating group) is 1. The molecule has 0 spiro atoms. The predicted molar refractivity (Wildman–Crippen MR) is 130 cm³/mol. The van der Waals surface area contributed by atoms with E-state index in [2.05, 4.69) is 24.8 Å². The second-order valence-electron chi connectivity index (χ2n) is 8.49. The monoisotopic (exact) mass is 484 g/mol. The number of likely N-dealkylation sites (tertiary alicyclic amines) is 1. The van der Waals surface area contributed by atoms with Gasteiger partial charge in [0.2, 0.25) is 0 Å². The van der Waals surface area contributed by atoms with Crippen molar-refractivity contribution in [1.82, 2.24) is 29.4 Å². The summed E-state index contributed by atoms with van der Waals surface area (Å²) < 4.78 is 36.8. The van der Waals surface area contributed by atoms with Gasteiger partial charge in [0.25, 0.3) is 0 Å². The Morgan fingerprint density at radius 2 is 1.91 bits per heavy atom. The number of hydrogen-bond donors (Lipinski definition) is 0. The van der Waals surface area contributed by atoms with E-state index in [1.807, 2.05) is 14.0 Å². The molecule has 0 N–H and O–H groups in total. The lowest BCUT2D eigenvalue weighted by atomic mass is 10.2. The molecule has 10 heteroatoms. The van der Waals surface area contributed by atoms with Gasteiger partial charge in [-0.1, -0.05) is 6.07 Å². The predicted octanol–water partition coefficient (Wildman–Crippen LogP) is 4.03. The molecule has 1 saturated heterocycles. The van der Waals surface area contributed by atoms with E-state index in [0.717, 1.165) is 25.7 Å². The Hall–Kier alpha value is -3.11.